The number of piperidine rings is 1. The molecule has 8 nitrogen and oxygen atoms in total. The summed E-state index contributed by atoms with van der Waals surface area (Å²) in [6.45, 7) is 1.58. The van der Waals surface area contributed by atoms with E-state index in [0.717, 1.165) is 41.4 Å². The molecule has 4 rings (SSSR count). The monoisotopic (exact) mass is 335 g/mol. The van der Waals surface area contributed by atoms with E-state index >= 15 is 0 Å². The van der Waals surface area contributed by atoms with Crippen LogP contribution in [0.2, 0.25) is 0 Å². The number of aromatic nitrogens is 4. The fraction of sp³-hybridized carbons (Fsp3) is 0.353. The van der Waals surface area contributed by atoms with Crippen molar-refractivity contribution in [2.45, 2.75) is 25.3 Å². The number of anilines is 1. The molecule has 3 aromatic heterocycles. The van der Waals surface area contributed by atoms with Crippen LogP contribution in [-0.4, -0.2) is 45.2 Å². The van der Waals surface area contributed by atoms with Gasteiger partial charge in [0.1, 0.15) is 6.42 Å². The third kappa shape index (κ3) is 2.85. The van der Waals surface area contributed by atoms with Crippen molar-refractivity contribution < 1.29 is 4.79 Å². The summed E-state index contributed by atoms with van der Waals surface area (Å²) in [5.41, 5.74) is 2.58. The maximum atomic E-state index is 11.7. The Labute approximate surface area is 143 Å². The summed E-state index contributed by atoms with van der Waals surface area (Å²) >= 11 is 0. The number of amides is 1. The average Bonchev–Trinajstić information content (AvgIpc) is 3.10. The lowest BCUT2D eigenvalue weighted by molar-refractivity contribution is -0.120. The second-order valence-electron chi connectivity index (χ2n) is 6.17. The predicted molar refractivity (Wildman–Crippen MR) is 92.8 cm³/mol. The van der Waals surface area contributed by atoms with E-state index in [1.165, 1.54) is 0 Å². The molecule has 3 aromatic rings. The number of rotatable bonds is 3. The number of carbonyl (C=O) groups excluding carboxylic acids is 1. The lowest BCUT2D eigenvalue weighted by Gasteiger charge is -2.35. The highest BCUT2D eigenvalue weighted by Gasteiger charge is 2.23. The van der Waals surface area contributed by atoms with Gasteiger partial charge in [-0.05, 0) is 18.9 Å². The predicted octanol–water partition coefficient (Wildman–Crippen LogP) is 1.50. The summed E-state index contributed by atoms with van der Waals surface area (Å²) in [4.78, 5) is 22.6. The van der Waals surface area contributed by atoms with Gasteiger partial charge in [0.05, 0.1) is 29.7 Å². The van der Waals surface area contributed by atoms with Gasteiger partial charge in [-0.3, -0.25) is 9.89 Å². The van der Waals surface area contributed by atoms with Crippen LogP contribution in [0.5, 0.6) is 0 Å². The maximum absolute atomic E-state index is 11.7. The molecule has 126 valence electrons. The summed E-state index contributed by atoms with van der Waals surface area (Å²) in [7, 11) is 0. The van der Waals surface area contributed by atoms with Crippen molar-refractivity contribution in [1.29, 1.82) is 5.26 Å². The van der Waals surface area contributed by atoms with Crippen LogP contribution in [0.15, 0.2) is 24.7 Å². The number of fused-ring (bicyclic) bond motifs is 3. The summed E-state index contributed by atoms with van der Waals surface area (Å²) in [6.07, 6.45) is 7.08. The first-order valence-electron chi connectivity index (χ1n) is 8.24. The highest BCUT2D eigenvalue weighted by molar-refractivity contribution is 6.09. The second-order valence-corrected chi connectivity index (χ2v) is 6.17. The number of nitrogens with zero attached hydrogens (tertiary/aromatic N) is 5. The molecule has 0 radical (unpaired) electrons. The first kappa shape index (κ1) is 15.3. The Morgan fingerprint density at radius 1 is 1.44 bits per heavy atom. The van der Waals surface area contributed by atoms with Crippen molar-refractivity contribution in [1.82, 2.24) is 25.5 Å². The van der Waals surface area contributed by atoms with Gasteiger partial charge in [-0.1, -0.05) is 0 Å². The van der Waals surface area contributed by atoms with E-state index in [2.05, 4.69) is 30.4 Å². The van der Waals surface area contributed by atoms with Gasteiger partial charge in [0.2, 0.25) is 5.91 Å². The molecule has 2 N–H and O–H groups in total. The van der Waals surface area contributed by atoms with E-state index in [9.17, 15) is 4.79 Å². The van der Waals surface area contributed by atoms with Gasteiger partial charge in [-0.2, -0.15) is 10.4 Å². The highest BCUT2D eigenvalue weighted by atomic mass is 16.1. The summed E-state index contributed by atoms with van der Waals surface area (Å²) < 4.78 is 0. The molecule has 25 heavy (non-hydrogen) atoms. The molecule has 0 aliphatic carbocycles. The standard InChI is InChI=1S/C17H17N7O/c18-5-3-15(25)22-11-2-1-7-24(10-11)14-9-21-23-13-8-20-17-12(16(13)14)4-6-19-17/h4,6,8-9,11,23H,1-3,7,10H2,(H,22,25). The molecule has 1 amide bonds. The van der Waals surface area contributed by atoms with Gasteiger partial charge in [0.25, 0.3) is 0 Å². The zero-order chi connectivity index (χ0) is 17.2. The van der Waals surface area contributed by atoms with E-state index in [1.54, 1.807) is 12.4 Å². The normalized spacial score (nSPS) is 17.6. The zero-order valence-corrected chi connectivity index (χ0v) is 13.6. The van der Waals surface area contributed by atoms with Crippen LogP contribution >= 0.6 is 0 Å². The second kappa shape index (κ2) is 6.36. The minimum atomic E-state index is -0.217. The highest BCUT2D eigenvalue weighted by Crippen LogP contribution is 2.31. The van der Waals surface area contributed by atoms with Crippen molar-refractivity contribution in [3.8, 4) is 6.07 Å². The number of nitrogens with one attached hydrogen (secondary N) is 2. The minimum absolute atomic E-state index is 0.0314. The van der Waals surface area contributed by atoms with Crippen molar-refractivity contribution in [2.24, 2.45) is 0 Å². The van der Waals surface area contributed by atoms with Crippen molar-refractivity contribution in [3.63, 3.8) is 0 Å². The molecule has 4 heterocycles. The topological polar surface area (TPSA) is 111 Å². The molecule has 1 aliphatic rings. The minimum Gasteiger partial charge on any atom is -0.368 e. The van der Waals surface area contributed by atoms with Crippen LogP contribution in [0.1, 0.15) is 19.3 Å². The van der Waals surface area contributed by atoms with E-state index in [1.807, 2.05) is 18.3 Å². The van der Waals surface area contributed by atoms with E-state index in [-0.39, 0.29) is 18.4 Å². The lowest BCUT2D eigenvalue weighted by Crippen LogP contribution is -2.47. The third-order valence-corrected chi connectivity index (χ3v) is 4.53. The van der Waals surface area contributed by atoms with Crippen LogP contribution in [0.3, 0.4) is 0 Å². The molecule has 1 unspecified atom stereocenters. The zero-order valence-electron chi connectivity index (χ0n) is 13.6. The lowest BCUT2D eigenvalue weighted by atomic mass is 10.0. The molecule has 1 atom stereocenters. The molecule has 0 spiro atoms. The van der Waals surface area contributed by atoms with Gasteiger partial charge in [-0.15, -0.1) is 0 Å². The molecule has 0 aromatic carbocycles. The Kier molecular flexibility index (Phi) is 3.90. The SMILES string of the molecule is N#CCC(=O)NC1CCCN(c2cn[nH]c3cnc4nccc4c23)C1. The van der Waals surface area contributed by atoms with E-state index < -0.39 is 0 Å². The first-order chi connectivity index (χ1) is 12.3. The number of H-pyrrole nitrogens is 1. The molecule has 1 fully saturated rings. The van der Waals surface area contributed by atoms with Crippen molar-refractivity contribution in [3.05, 3.63) is 24.7 Å². The molecule has 1 aliphatic heterocycles. The van der Waals surface area contributed by atoms with Gasteiger partial charge >= 0.3 is 0 Å². The summed E-state index contributed by atoms with van der Waals surface area (Å²) in [5, 5.41) is 20.9. The van der Waals surface area contributed by atoms with Gasteiger partial charge in [-0.25, -0.2) is 9.97 Å². The molecule has 0 bridgehead atoms. The largest absolute Gasteiger partial charge is 0.368 e. The number of aromatic amines is 1. The Balaban J connectivity index is 1.68. The molecular weight excluding hydrogens is 318 g/mol. The van der Waals surface area contributed by atoms with Gasteiger partial charge in [0.15, 0.2) is 5.65 Å². The third-order valence-electron chi connectivity index (χ3n) is 4.53. The van der Waals surface area contributed by atoms with E-state index in [0.29, 0.717) is 12.2 Å². The quantitative estimate of drug-likeness (QED) is 0.750. The maximum Gasteiger partial charge on any atom is 0.234 e. The Morgan fingerprint density at radius 3 is 3.24 bits per heavy atom. The smallest absolute Gasteiger partial charge is 0.234 e. The fourth-order valence-electron chi connectivity index (χ4n) is 3.45. The fourth-order valence-corrected chi connectivity index (χ4v) is 3.45. The van der Waals surface area contributed by atoms with Crippen molar-refractivity contribution in [2.75, 3.05) is 18.0 Å². The molecular formula is C17H17N7O. The number of carbonyl (C=O) groups is 1. The number of nitriles is 1. The first-order valence-corrected chi connectivity index (χ1v) is 8.24. The van der Waals surface area contributed by atoms with Crippen LogP contribution in [0, 0.1) is 11.3 Å². The van der Waals surface area contributed by atoms with Gasteiger partial charge in [0, 0.05) is 36.1 Å². The average molecular weight is 335 g/mol. The van der Waals surface area contributed by atoms with E-state index in [4.69, 9.17) is 5.26 Å². The van der Waals surface area contributed by atoms with Gasteiger partial charge < -0.3 is 10.2 Å². The molecule has 1 saturated heterocycles. The number of hydrogen-bond donors (Lipinski definition) is 2. The molecule has 0 saturated carbocycles. The Hall–Kier alpha value is -3.21. The summed E-state index contributed by atoms with van der Waals surface area (Å²) in [5.74, 6) is -0.217. The number of hydrogen-bond acceptors (Lipinski definition) is 6. The van der Waals surface area contributed by atoms with Crippen LogP contribution in [-0.2, 0) is 4.79 Å². The van der Waals surface area contributed by atoms with Crippen LogP contribution < -0.4 is 10.2 Å². The van der Waals surface area contributed by atoms with Crippen LogP contribution in [0.4, 0.5) is 5.69 Å². The Bertz CT molecular complexity index is 974. The Morgan fingerprint density at radius 2 is 2.36 bits per heavy atom. The van der Waals surface area contributed by atoms with Crippen LogP contribution in [0.25, 0.3) is 21.9 Å². The molecule has 8 heteroatoms. The van der Waals surface area contributed by atoms with Crippen molar-refractivity contribution >= 4 is 33.5 Å². The summed E-state index contributed by atoms with van der Waals surface area (Å²) in [6, 6.07) is 3.88. The number of pyridine rings is 1.